The molecule has 0 bridgehead atoms. The Morgan fingerprint density at radius 3 is 2.77 bits per heavy atom. The molecule has 0 saturated heterocycles. The van der Waals surface area contributed by atoms with Crippen molar-refractivity contribution in [2.24, 2.45) is 10.3 Å². The molecule has 0 atom stereocenters. The van der Waals surface area contributed by atoms with Gasteiger partial charge in [-0.1, -0.05) is 35.6 Å². The van der Waals surface area contributed by atoms with Gasteiger partial charge in [-0.2, -0.15) is 5.11 Å². The monoisotopic (exact) mass is 179 g/mol. The molecular formula is C9H13N3O. The molecule has 0 aliphatic carbocycles. The second kappa shape index (κ2) is 6.14. The van der Waals surface area contributed by atoms with Crippen LogP contribution in [0.5, 0.6) is 0 Å². The molecule has 4 nitrogen and oxygen atoms in total. The summed E-state index contributed by atoms with van der Waals surface area (Å²) < 4.78 is 5.26. The second-order valence-corrected chi connectivity index (χ2v) is 2.44. The Labute approximate surface area is 77.6 Å². The van der Waals surface area contributed by atoms with E-state index in [-0.39, 0.29) is 0 Å². The molecule has 1 aromatic rings. The van der Waals surface area contributed by atoms with Crippen molar-refractivity contribution in [1.82, 2.24) is 5.43 Å². The van der Waals surface area contributed by atoms with E-state index in [4.69, 9.17) is 4.74 Å². The van der Waals surface area contributed by atoms with E-state index < -0.39 is 0 Å². The summed E-state index contributed by atoms with van der Waals surface area (Å²) in [5.41, 5.74) is 3.79. The van der Waals surface area contributed by atoms with Gasteiger partial charge >= 0.3 is 0 Å². The Hall–Kier alpha value is -1.42. The third kappa shape index (κ3) is 4.22. The zero-order valence-electron chi connectivity index (χ0n) is 7.60. The van der Waals surface area contributed by atoms with E-state index in [9.17, 15) is 0 Å². The van der Waals surface area contributed by atoms with Gasteiger partial charge in [0.05, 0.1) is 13.7 Å². The summed E-state index contributed by atoms with van der Waals surface area (Å²) in [6.45, 7) is 0.972. The molecule has 0 saturated carbocycles. The molecule has 1 N–H and O–H groups in total. The van der Waals surface area contributed by atoms with Gasteiger partial charge in [-0.25, -0.2) is 0 Å². The molecule has 0 aliphatic heterocycles. The van der Waals surface area contributed by atoms with Crippen LogP contribution < -0.4 is 5.43 Å². The molecule has 4 heteroatoms. The molecule has 0 aromatic heterocycles. The zero-order chi connectivity index (χ0) is 9.36. The highest BCUT2D eigenvalue weighted by Crippen LogP contribution is 1.99. The van der Waals surface area contributed by atoms with Crippen LogP contribution in [0.25, 0.3) is 0 Å². The van der Waals surface area contributed by atoms with Crippen LogP contribution >= 0.6 is 0 Å². The first-order chi connectivity index (χ1) is 6.43. The van der Waals surface area contributed by atoms with Gasteiger partial charge in [-0.15, -0.1) is 0 Å². The summed E-state index contributed by atoms with van der Waals surface area (Å²) >= 11 is 0. The van der Waals surface area contributed by atoms with Crippen molar-refractivity contribution in [3.05, 3.63) is 35.9 Å². The lowest BCUT2D eigenvalue weighted by molar-refractivity contribution is 0.103. The first kappa shape index (κ1) is 9.67. The Bertz CT molecular complexity index is 248. The maximum atomic E-state index is 5.26. The van der Waals surface area contributed by atoms with Crippen molar-refractivity contribution in [1.29, 1.82) is 0 Å². The van der Waals surface area contributed by atoms with E-state index in [1.165, 1.54) is 0 Å². The number of rotatable bonds is 5. The second-order valence-electron chi connectivity index (χ2n) is 2.44. The third-order valence-electron chi connectivity index (χ3n) is 1.45. The van der Waals surface area contributed by atoms with Crippen LogP contribution in [0, 0.1) is 0 Å². The quantitative estimate of drug-likeness (QED) is 0.324. The number of hydrogen-bond acceptors (Lipinski definition) is 3. The molecule has 13 heavy (non-hydrogen) atoms. The zero-order valence-corrected chi connectivity index (χ0v) is 7.60. The number of benzene rings is 1. The van der Waals surface area contributed by atoms with Gasteiger partial charge in [0, 0.05) is 0 Å². The Morgan fingerprint density at radius 2 is 2.08 bits per heavy atom. The lowest BCUT2D eigenvalue weighted by Crippen LogP contribution is -2.10. The number of nitrogens with zero attached hydrogens (tertiary/aromatic N) is 2. The fraction of sp³-hybridized carbons (Fsp3) is 0.333. The SMILES string of the molecule is CN=NNCOCc1ccccc1. The highest BCUT2D eigenvalue weighted by atomic mass is 16.5. The molecule has 0 aliphatic rings. The average Bonchev–Trinajstić information content (AvgIpc) is 2.19. The summed E-state index contributed by atoms with van der Waals surface area (Å²) in [5, 5.41) is 7.07. The summed E-state index contributed by atoms with van der Waals surface area (Å²) in [4.78, 5) is 0. The van der Waals surface area contributed by atoms with Gasteiger partial charge < -0.3 is 4.74 Å². The fourth-order valence-electron chi connectivity index (χ4n) is 0.888. The van der Waals surface area contributed by atoms with E-state index >= 15 is 0 Å². The lowest BCUT2D eigenvalue weighted by Gasteiger charge is -2.02. The van der Waals surface area contributed by atoms with E-state index in [1.54, 1.807) is 7.05 Å². The minimum atomic E-state index is 0.381. The van der Waals surface area contributed by atoms with E-state index in [2.05, 4.69) is 15.8 Å². The fourth-order valence-corrected chi connectivity index (χ4v) is 0.888. The van der Waals surface area contributed by atoms with E-state index in [0.717, 1.165) is 5.56 Å². The summed E-state index contributed by atoms with van der Waals surface area (Å²) in [5.74, 6) is 0. The van der Waals surface area contributed by atoms with Crippen molar-refractivity contribution in [3.8, 4) is 0 Å². The maximum absolute atomic E-state index is 5.26. The summed E-state index contributed by atoms with van der Waals surface area (Å²) in [6, 6.07) is 9.98. The topological polar surface area (TPSA) is 46.0 Å². The number of nitrogens with one attached hydrogen (secondary N) is 1. The largest absolute Gasteiger partial charge is 0.355 e. The van der Waals surface area contributed by atoms with E-state index in [1.807, 2.05) is 30.3 Å². The van der Waals surface area contributed by atoms with Gasteiger partial charge in [0.15, 0.2) is 0 Å². The van der Waals surface area contributed by atoms with Crippen molar-refractivity contribution in [3.63, 3.8) is 0 Å². The lowest BCUT2D eigenvalue weighted by atomic mass is 10.2. The van der Waals surface area contributed by atoms with Crippen molar-refractivity contribution < 1.29 is 4.74 Å². The van der Waals surface area contributed by atoms with Crippen LogP contribution in [-0.2, 0) is 11.3 Å². The van der Waals surface area contributed by atoms with Crippen LogP contribution in [0.2, 0.25) is 0 Å². The molecule has 0 spiro atoms. The maximum Gasteiger partial charge on any atom is 0.134 e. The molecule has 0 radical (unpaired) electrons. The van der Waals surface area contributed by atoms with Crippen LogP contribution in [0.4, 0.5) is 0 Å². The van der Waals surface area contributed by atoms with Crippen molar-refractivity contribution in [2.45, 2.75) is 6.61 Å². The first-order valence-corrected chi connectivity index (χ1v) is 4.07. The Morgan fingerprint density at radius 1 is 1.31 bits per heavy atom. The Kier molecular flexibility index (Phi) is 4.56. The number of ether oxygens (including phenoxy) is 1. The molecule has 1 aromatic carbocycles. The van der Waals surface area contributed by atoms with E-state index in [0.29, 0.717) is 13.3 Å². The molecule has 0 fully saturated rings. The summed E-state index contributed by atoms with van der Waals surface area (Å²) in [6.07, 6.45) is 0. The van der Waals surface area contributed by atoms with Crippen LogP contribution in [-0.4, -0.2) is 13.8 Å². The minimum Gasteiger partial charge on any atom is -0.355 e. The normalized spacial score (nSPS) is 10.5. The summed E-state index contributed by atoms with van der Waals surface area (Å²) in [7, 11) is 1.60. The van der Waals surface area contributed by atoms with Gasteiger partial charge in [0.1, 0.15) is 6.73 Å². The van der Waals surface area contributed by atoms with Gasteiger partial charge in [0.25, 0.3) is 0 Å². The van der Waals surface area contributed by atoms with Crippen LogP contribution in [0.15, 0.2) is 40.7 Å². The Balaban J connectivity index is 2.13. The molecule has 0 heterocycles. The van der Waals surface area contributed by atoms with Gasteiger partial charge in [-0.3, -0.25) is 5.43 Å². The molecule has 0 unspecified atom stereocenters. The van der Waals surface area contributed by atoms with Crippen LogP contribution in [0.3, 0.4) is 0 Å². The van der Waals surface area contributed by atoms with Crippen molar-refractivity contribution >= 4 is 0 Å². The molecular weight excluding hydrogens is 166 g/mol. The first-order valence-electron chi connectivity index (χ1n) is 4.07. The standard InChI is InChI=1S/C9H13N3O/c1-10-12-11-8-13-7-9-5-3-2-4-6-9/h2-6H,7-8H2,1H3,(H,10,11). The smallest absolute Gasteiger partial charge is 0.134 e. The molecule has 0 amide bonds. The minimum absolute atomic E-state index is 0.381. The predicted molar refractivity (Wildman–Crippen MR) is 50.0 cm³/mol. The van der Waals surface area contributed by atoms with Gasteiger partial charge in [-0.05, 0) is 5.56 Å². The molecule has 70 valence electrons. The van der Waals surface area contributed by atoms with Crippen LogP contribution in [0.1, 0.15) is 5.56 Å². The molecule has 1 rings (SSSR count). The average molecular weight is 179 g/mol. The highest BCUT2D eigenvalue weighted by molar-refractivity contribution is 5.13. The highest BCUT2D eigenvalue weighted by Gasteiger charge is 1.89. The van der Waals surface area contributed by atoms with Gasteiger partial charge in [0.2, 0.25) is 0 Å². The third-order valence-corrected chi connectivity index (χ3v) is 1.45. The predicted octanol–water partition coefficient (Wildman–Crippen LogP) is 1.75. The van der Waals surface area contributed by atoms with Crippen molar-refractivity contribution in [2.75, 3.05) is 13.8 Å². The number of hydrogen-bond donors (Lipinski definition) is 1.